The molecule has 0 spiro atoms. The first-order valence-corrected chi connectivity index (χ1v) is 8.33. The van der Waals surface area contributed by atoms with E-state index in [1.54, 1.807) is 18.5 Å². The number of carbonyl (C=O) groups excluding carboxylic acids is 1. The summed E-state index contributed by atoms with van der Waals surface area (Å²) in [5.74, 6) is -0.177. The molecule has 0 fully saturated rings. The molecule has 1 aromatic heterocycles. The van der Waals surface area contributed by atoms with Crippen molar-refractivity contribution in [1.29, 1.82) is 0 Å². The van der Waals surface area contributed by atoms with Gasteiger partial charge in [0.2, 0.25) is 0 Å². The summed E-state index contributed by atoms with van der Waals surface area (Å²) >= 11 is 0. The molecule has 25 heavy (non-hydrogen) atoms. The van der Waals surface area contributed by atoms with Crippen LogP contribution in [0.3, 0.4) is 0 Å². The van der Waals surface area contributed by atoms with Crippen molar-refractivity contribution in [3.8, 4) is 0 Å². The number of benzene rings is 2. The Morgan fingerprint density at radius 2 is 1.60 bits per heavy atom. The Morgan fingerprint density at radius 3 is 2.28 bits per heavy atom. The molecule has 0 atom stereocenters. The lowest BCUT2D eigenvalue weighted by molar-refractivity contribution is 0.102. The van der Waals surface area contributed by atoms with Gasteiger partial charge in [0, 0.05) is 17.6 Å². The number of nitrogens with one attached hydrogen (secondary N) is 2. The predicted molar refractivity (Wildman–Crippen MR) is 102 cm³/mol. The summed E-state index contributed by atoms with van der Waals surface area (Å²) < 4.78 is 0. The van der Waals surface area contributed by atoms with Crippen LogP contribution in [0.15, 0.2) is 67.0 Å². The van der Waals surface area contributed by atoms with Crippen molar-refractivity contribution < 1.29 is 4.79 Å². The van der Waals surface area contributed by atoms with Crippen LogP contribution in [0.25, 0.3) is 0 Å². The van der Waals surface area contributed by atoms with Gasteiger partial charge >= 0.3 is 0 Å². The third kappa shape index (κ3) is 4.44. The molecule has 3 aromatic rings. The zero-order valence-corrected chi connectivity index (χ0v) is 14.4. The quantitative estimate of drug-likeness (QED) is 0.695. The largest absolute Gasteiger partial charge is 0.354 e. The lowest BCUT2D eigenvalue weighted by atomic mass is 10.1. The molecular formula is C21H21N3O. The van der Waals surface area contributed by atoms with Gasteiger partial charge in [0.05, 0.1) is 17.4 Å². The van der Waals surface area contributed by atoms with Crippen LogP contribution in [0.5, 0.6) is 0 Å². The first-order valence-electron chi connectivity index (χ1n) is 8.33. The second kappa shape index (κ2) is 7.62. The van der Waals surface area contributed by atoms with Crippen LogP contribution in [0.2, 0.25) is 0 Å². The van der Waals surface area contributed by atoms with Crippen molar-refractivity contribution in [2.75, 3.05) is 10.6 Å². The lowest BCUT2D eigenvalue weighted by Gasteiger charge is -2.09. The minimum atomic E-state index is -0.177. The average molecular weight is 331 g/mol. The van der Waals surface area contributed by atoms with Gasteiger partial charge in [-0.3, -0.25) is 9.78 Å². The Morgan fingerprint density at radius 1 is 0.920 bits per heavy atom. The number of aromatic nitrogens is 1. The van der Waals surface area contributed by atoms with Gasteiger partial charge in [0.1, 0.15) is 0 Å². The topological polar surface area (TPSA) is 54.0 Å². The Bertz CT molecular complexity index is 855. The van der Waals surface area contributed by atoms with Crippen LogP contribution in [0.1, 0.15) is 28.4 Å². The number of aryl methyl sites for hydroxylation is 2. The Labute approximate surface area is 147 Å². The van der Waals surface area contributed by atoms with Gasteiger partial charge in [-0.15, -0.1) is 0 Å². The van der Waals surface area contributed by atoms with E-state index >= 15 is 0 Å². The van der Waals surface area contributed by atoms with Gasteiger partial charge in [-0.25, -0.2) is 0 Å². The summed E-state index contributed by atoms with van der Waals surface area (Å²) in [7, 11) is 0. The summed E-state index contributed by atoms with van der Waals surface area (Å²) in [6.07, 6.45) is 4.24. The van der Waals surface area contributed by atoms with E-state index in [0.717, 1.165) is 23.5 Å². The Balaban J connectivity index is 1.71. The number of amides is 1. The lowest BCUT2D eigenvalue weighted by Crippen LogP contribution is -2.12. The molecular weight excluding hydrogens is 310 g/mol. The Kier molecular flexibility index (Phi) is 5.09. The SMILES string of the molecule is CCc1ccc(NC(=O)c2cncc(Nc3ccc(C)cc3)c2)cc1. The van der Waals surface area contributed by atoms with Crippen LogP contribution in [-0.2, 0) is 6.42 Å². The fourth-order valence-electron chi connectivity index (χ4n) is 2.46. The standard InChI is InChI=1S/C21H21N3O/c1-3-16-6-10-19(11-7-16)24-21(25)17-12-20(14-22-13-17)23-18-8-4-15(2)5-9-18/h4-14,23H,3H2,1-2H3,(H,24,25). The molecule has 0 aliphatic heterocycles. The number of pyridine rings is 1. The zero-order chi connectivity index (χ0) is 17.6. The molecule has 1 amide bonds. The highest BCUT2D eigenvalue weighted by Crippen LogP contribution is 2.18. The summed E-state index contributed by atoms with van der Waals surface area (Å²) in [4.78, 5) is 16.6. The number of anilines is 3. The molecule has 126 valence electrons. The number of hydrogen-bond donors (Lipinski definition) is 2. The maximum Gasteiger partial charge on any atom is 0.257 e. The van der Waals surface area contributed by atoms with Crippen molar-refractivity contribution in [2.24, 2.45) is 0 Å². The van der Waals surface area contributed by atoms with Gasteiger partial charge in [-0.05, 0) is 49.2 Å². The molecule has 4 heteroatoms. The zero-order valence-electron chi connectivity index (χ0n) is 14.4. The van der Waals surface area contributed by atoms with E-state index in [9.17, 15) is 4.79 Å². The normalized spacial score (nSPS) is 10.3. The van der Waals surface area contributed by atoms with Crippen LogP contribution in [-0.4, -0.2) is 10.9 Å². The molecule has 0 radical (unpaired) electrons. The van der Waals surface area contributed by atoms with Gasteiger partial charge in [-0.1, -0.05) is 36.8 Å². The van der Waals surface area contributed by atoms with Crippen LogP contribution >= 0.6 is 0 Å². The molecule has 0 saturated carbocycles. The highest BCUT2D eigenvalue weighted by molar-refractivity contribution is 6.04. The fraction of sp³-hybridized carbons (Fsp3) is 0.143. The molecule has 4 nitrogen and oxygen atoms in total. The summed E-state index contributed by atoms with van der Waals surface area (Å²) in [6, 6.07) is 17.7. The molecule has 2 aromatic carbocycles. The second-order valence-electron chi connectivity index (χ2n) is 5.96. The third-order valence-electron chi connectivity index (χ3n) is 3.96. The number of carbonyl (C=O) groups is 1. The molecule has 0 unspecified atom stereocenters. The van der Waals surface area contributed by atoms with Gasteiger partial charge in [0.15, 0.2) is 0 Å². The summed E-state index contributed by atoms with van der Waals surface area (Å²) in [6.45, 7) is 4.15. The van der Waals surface area contributed by atoms with Crippen molar-refractivity contribution in [2.45, 2.75) is 20.3 Å². The van der Waals surface area contributed by atoms with E-state index < -0.39 is 0 Å². The number of nitrogens with zero attached hydrogens (tertiary/aromatic N) is 1. The average Bonchev–Trinajstić information content (AvgIpc) is 2.64. The molecule has 0 bridgehead atoms. The molecule has 3 rings (SSSR count). The monoisotopic (exact) mass is 331 g/mol. The van der Waals surface area contributed by atoms with E-state index in [1.807, 2.05) is 55.5 Å². The van der Waals surface area contributed by atoms with Gasteiger partial charge in [0.25, 0.3) is 5.91 Å². The van der Waals surface area contributed by atoms with E-state index in [1.165, 1.54) is 11.1 Å². The van der Waals surface area contributed by atoms with E-state index in [0.29, 0.717) is 5.56 Å². The number of hydrogen-bond acceptors (Lipinski definition) is 3. The molecule has 0 aliphatic rings. The minimum Gasteiger partial charge on any atom is -0.354 e. The van der Waals surface area contributed by atoms with Gasteiger partial charge < -0.3 is 10.6 Å². The van der Waals surface area contributed by atoms with E-state index in [2.05, 4.69) is 22.5 Å². The van der Waals surface area contributed by atoms with E-state index in [-0.39, 0.29) is 5.91 Å². The highest BCUT2D eigenvalue weighted by Gasteiger charge is 2.08. The van der Waals surface area contributed by atoms with Crippen LogP contribution < -0.4 is 10.6 Å². The maximum absolute atomic E-state index is 12.4. The molecule has 0 saturated heterocycles. The first-order chi connectivity index (χ1) is 12.1. The van der Waals surface area contributed by atoms with Gasteiger partial charge in [-0.2, -0.15) is 0 Å². The smallest absolute Gasteiger partial charge is 0.257 e. The van der Waals surface area contributed by atoms with Crippen molar-refractivity contribution in [3.05, 3.63) is 83.7 Å². The maximum atomic E-state index is 12.4. The molecule has 0 aliphatic carbocycles. The predicted octanol–water partition coefficient (Wildman–Crippen LogP) is 4.95. The molecule has 1 heterocycles. The van der Waals surface area contributed by atoms with Crippen LogP contribution in [0, 0.1) is 6.92 Å². The fourth-order valence-corrected chi connectivity index (χ4v) is 2.46. The van der Waals surface area contributed by atoms with Crippen molar-refractivity contribution in [1.82, 2.24) is 4.98 Å². The molecule has 2 N–H and O–H groups in total. The number of rotatable bonds is 5. The third-order valence-corrected chi connectivity index (χ3v) is 3.96. The van der Waals surface area contributed by atoms with Crippen molar-refractivity contribution >= 4 is 23.0 Å². The second-order valence-corrected chi connectivity index (χ2v) is 5.96. The van der Waals surface area contributed by atoms with Crippen LogP contribution in [0.4, 0.5) is 17.1 Å². The summed E-state index contributed by atoms with van der Waals surface area (Å²) in [5, 5.41) is 6.16. The van der Waals surface area contributed by atoms with E-state index in [4.69, 9.17) is 0 Å². The first kappa shape index (κ1) is 16.7. The summed E-state index contributed by atoms with van der Waals surface area (Å²) in [5.41, 5.74) is 5.46. The van der Waals surface area contributed by atoms with Crippen molar-refractivity contribution in [3.63, 3.8) is 0 Å². The minimum absolute atomic E-state index is 0.177. The Hall–Kier alpha value is -3.14. The highest BCUT2D eigenvalue weighted by atomic mass is 16.1.